The zero-order valence-electron chi connectivity index (χ0n) is 5.62. The number of nitrogens with one attached hydrogen (secondary N) is 2. The molecule has 0 fully saturated rings. The average molecular weight is 190 g/mol. The van der Waals surface area contributed by atoms with Crippen molar-refractivity contribution in [2.24, 2.45) is 5.14 Å². The van der Waals surface area contributed by atoms with Crippen molar-refractivity contribution in [3.05, 3.63) is 0 Å². The van der Waals surface area contributed by atoms with Crippen LogP contribution in [0, 0.1) is 0 Å². The van der Waals surface area contributed by atoms with Crippen LogP contribution in [0.2, 0.25) is 0 Å². The van der Waals surface area contributed by atoms with Crippen molar-refractivity contribution in [2.75, 3.05) is 20.1 Å². The maximum Gasteiger partial charge on any atom is 0.274 e. The molecule has 5 nitrogen and oxygen atoms in total. The van der Waals surface area contributed by atoms with E-state index >= 15 is 0 Å². The van der Waals surface area contributed by atoms with Gasteiger partial charge >= 0.3 is 0 Å². The zero-order valence-corrected chi connectivity index (χ0v) is 7.26. The fourth-order valence-corrected chi connectivity index (χ4v) is 0.705. The van der Waals surface area contributed by atoms with Gasteiger partial charge in [0.2, 0.25) is 0 Å². The Morgan fingerprint density at radius 2 is 1.90 bits per heavy atom. The lowest BCUT2D eigenvalue weighted by atomic mass is 10.7. The molecular weight excluding hydrogens is 178 g/mol. The molecule has 0 rings (SSSR count). The SMILES string of the molecule is CNCCNS(N)(=O)=O.Cl. The fourth-order valence-electron chi connectivity index (χ4n) is 0.318. The van der Waals surface area contributed by atoms with E-state index in [0.717, 1.165) is 0 Å². The molecular formula is C3H12ClN3O2S. The molecule has 0 aliphatic carbocycles. The molecule has 0 atom stereocenters. The van der Waals surface area contributed by atoms with E-state index in [1.807, 2.05) is 0 Å². The normalized spacial score (nSPS) is 10.6. The molecule has 0 aromatic heterocycles. The standard InChI is InChI=1S/C3H11N3O2S.ClH/c1-5-2-3-6-9(4,7)8;/h5-6H,2-3H2,1H3,(H2,4,7,8);1H. The summed E-state index contributed by atoms with van der Waals surface area (Å²) in [6, 6.07) is 0. The van der Waals surface area contributed by atoms with Gasteiger partial charge in [-0.2, -0.15) is 8.42 Å². The minimum Gasteiger partial charge on any atom is -0.318 e. The van der Waals surface area contributed by atoms with Crippen LogP contribution in [0.4, 0.5) is 0 Å². The minimum atomic E-state index is -3.49. The summed E-state index contributed by atoms with van der Waals surface area (Å²) < 4.78 is 22.4. The maximum atomic E-state index is 10.1. The lowest BCUT2D eigenvalue weighted by molar-refractivity contribution is 0.581. The Bertz CT molecular complexity index is 157. The molecule has 64 valence electrons. The summed E-state index contributed by atoms with van der Waals surface area (Å²) >= 11 is 0. The van der Waals surface area contributed by atoms with Crippen LogP contribution in [-0.2, 0) is 10.2 Å². The first kappa shape index (κ1) is 12.8. The van der Waals surface area contributed by atoms with E-state index in [0.29, 0.717) is 13.1 Å². The third kappa shape index (κ3) is 11.0. The maximum absolute atomic E-state index is 10.1. The molecule has 0 amide bonds. The number of likely N-dealkylation sites (N-methyl/N-ethyl adjacent to an activating group) is 1. The Hall–Kier alpha value is 0.120. The predicted octanol–water partition coefficient (Wildman–Crippen LogP) is -1.58. The molecule has 0 spiro atoms. The Kier molecular flexibility index (Phi) is 7.50. The first-order valence-electron chi connectivity index (χ1n) is 2.48. The van der Waals surface area contributed by atoms with Gasteiger partial charge in [-0.15, -0.1) is 12.4 Å². The summed E-state index contributed by atoms with van der Waals surface area (Å²) in [5, 5.41) is 7.37. The van der Waals surface area contributed by atoms with Crippen molar-refractivity contribution < 1.29 is 8.42 Å². The quantitative estimate of drug-likeness (QED) is 0.467. The van der Waals surface area contributed by atoms with E-state index in [9.17, 15) is 8.42 Å². The molecule has 7 heteroatoms. The van der Waals surface area contributed by atoms with E-state index in [-0.39, 0.29) is 12.4 Å². The van der Waals surface area contributed by atoms with E-state index < -0.39 is 10.2 Å². The van der Waals surface area contributed by atoms with Gasteiger partial charge in [0.05, 0.1) is 0 Å². The van der Waals surface area contributed by atoms with Crippen molar-refractivity contribution in [3.8, 4) is 0 Å². The second-order valence-electron chi connectivity index (χ2n) is 1.54. The third-order valence-electron chi connectivity index (χ3n) is 0.678. The summed E-state index contributed by atoms with van der Waals surface area (Å²) in [5.74, 6) is 0. The summed E-state index contributed by atoms with van der Waals surface area (Å²) in [7, 11) is -1.76. The molecule has 0 unspecified atom stereocenters. The van der Waals surface area contributed by atoms with E-state index in [1.165, 1.54) is 0 Å². The number of rotatable bonds is 4. The highest BCUT2D eigenvalue weighted by molar-refractivity contribution is 7.87. The van der Waals surface area contributed by atoms with Crippen molar-refractivity contribution in [2.45, 2.75) is 0 Å². The van der Waals surface area contributed by atoms with Gasteiger partial charge in [0, 0.05) is 13.1 Å². The molecule has 0 saturated carbocycles. The first-order chi connectivity index (χ1) is 4.06. The van der Waals surface area contributed by atoms with E-state index in [4.69, 9.17) is 0 Å². The van der Waals surface area contributed by atoms with Crippen LogP contribution in [0.15, 0.2) is 0 Å². The van der Waals surface area contributed by atoms with Gasteiger partial charge in [0.15, 0.2) is 0 Å². The number of halogens is 1. The van der Waals surface area contributed by atoms with Crippen LogP contribution in [0.25, 0.3) is 0 Å². The second-order valence-corrected chi connectivity index (χ2v) is 2.92. The molecule has 0 aromatic rings. The molecule has 0 aliphatic rings. The lowest BCUT2D eigenvalue weighted by Gasteiger charge is -1.98. The third-order valence-corrected chi connectivity index (χ3v) is 1.28. The summed E-state index contributed by atoms with van der Waals surface area (Å²) in [6.07, 6.45) is 0. The molecule has 0 aromatic carbocycles. The number of hydrogen-bond donors (Lipinski definition) is 3. The lowest BCUT2D eigenvalue weighted by Crippen LogP contribution is -2.35. The first-order valence-corrected chi connectivity index (χ1v) is 4.03. The Morgan fingerprint density at radius 3 is 2.20 bits per heavy atom. The van der Waals surface area contributed by atoms with Gasteiger partial charge in [-0.1, -0.05) is 0 Å². The predicted molar refractivity (Wildman–Crippen MR) is 42.3 cm³/mol. The summed E-state index contributed by atoms with van der Waals surface area (Å²) in [6.45, 7) is 0.908. The van der Waals surface area contributed by atoms with Crippen molar-refractivity contribution >= 4 is 22.6 Å². The average Bonchev–Trinajstić information content (AvgIpc) is 1.63. The fraction of sp³-hybridized carbons (Fsp3) is 1.00. The summed E-state index contributed by atoms with van der Waals surface area (Å²) in [4.78, 5) is 0. The highest BCUT2D eigenvalue weighted by atomic mass is 35.5. The molecule has 0 bridgehead atoms. The topological polar surface area (TPSA) is 84.2 Å². The minimum absolute atomic E-state index is 0. The molecule has 0 aliphatic heterocycles. The van der Waals surface area contributed by atoms with Crippen molar-refractivity contribution in [3.63, 3.8) is 0 Å². The van der Waals surface area contributed by atoms with Crippen LogP contribution < -0.4 is 15.2 Å². The molecule has 0 radical (unpaired) electrons. The Labute approximate surface area is 67.0 Å². The monoisotopic (exact) mass is 189 g/mol. The molecule has 4 N–H and O–H groups in total. The van der Waals surface area contributed by atoms with Crippen molar-refractivity contribution in [1.29, 1.82) is 0 Å². The van der Waals surface area contributed by atoms with Gasteiger partial charge in [-0.25, -0.2) is 9.86 Å². The second kappa shape index (κ2) is 5.87. The van der Waals surface area contributed by atoms with Crippen LogP contribution in [0.1, 0.15) is 0 Å². The van der Waals surface area contributed by atoms with Gasteiger partial charge in [-0.3, -0.25) is 0 Å². The smallest absolute Gasteiger partial charge is 0.274 e. The molecule has 10 heavy (non-hydrogen) atoms. The van der Waals surface area contributed by atoms with Crippen LogP contribution in [0.3, 0.4) is 0 Å². The highest BCUT2D eigenvalue weighted by Gasteiger charge is 1.96. The number of nitrogens with two attached hydrogens (primary N) is 1. The van der Waals surface area contributed by atoms with Gasteiger partial charge in [0.1, 0.15) is 0 Å². The largest absolute Gasteiger partial charge is 0.318 e. The molecule has 0 heterocycles. The Morgan fingerprint density at radius 1 is 1.40 bits per heavy atom. The van der Waals surface area contributed by atoms with E-state index in [1.54, 1.807) is 7.05 Å². The highest BCUT2D eigenvalue weighted by Crippen LogP contribution is 1.63. The summed E-state index contributed by atoms with van der Waals surface area (Å²) in [5.41, 5.74) is 0. The van der Waals surface area contributed by atoms with Gasteiger partial charge < -0.3 is 5.32 Å². The van der Waals surface area contributed by atoms with Crippen LogP contribution in [0.5, 0.6) is 0 Å². The Balaban J connectivity index is 0. The van der Waals surface area contributed by atoms with Crippen molar-refractivity contribution in [1.82, 2.24) is 10.0 Å². The van der Waals surface area contributed by atoms with Gasteiger partial charge in [0.25, 0.3) is 10.2 Å². The van der Waals surface area contributed by atoms with Gasteiger partial charge in [-0.05, 0) is 7.05 Å². The van der Waals surface area contributed by atoms with E-state index in [2.05, 4.69) is 15.2 Å². The van der Waals surface area contributed by atoms with Crippen LogP contribution in [-0.4, -0.2) is 28.6 Å². The molecule has 0 saturated heterocycles. The zero-order chi connectivity index (χ0) is 7.33. The van der Waals surface area contributed by atoms with Crippen LogP contribution >= 0.6 is 12.4 Å². The number of hydrogen-bond acceptors (Lipinski definition) is 3.